The standard InChI is InChI=1S/C15H26N2O2/c1-4-7-16-15-6-5-14(10-17-15)12-19-9-8-18-11-13(2)3/h5-6,10,13H,4,7-9,11-12H2,1-3H3,(H,16,17). The van der Waals surface area contributed by atoms with Gasteiger partial charge in [0.2, 0.25) is 0 Å². The van der Waals surface area contributed by atoms with Crippen molar-refractivity contribution >= 4 is 5.82 Å². The molecule has 0 fully saturated rings. The van der Waals surface area contributed by atoms with Crippen molar-refractivity contribution in [2.24, 2.45) is 5.92 Å². The number of aromatic nitrogens is 1. The Balaban J connectivity index is 2.12. The Morgan fingerprint density at radius 3 is 2.63 bits per heavy atom. The Hall–Kier alpha value is -1.13. The molecule has 1 aromatic rings. The molecule has 0 radical (unpaired) electrons. The van der Waals surface area contributed by atoms with E-state index in [2.05, 4.69) is 31.1 Å². The molecular weight excluding hydrogens is 240 g/mol. The van der Waals surface area contributed by atoms with Crippen molar-refractivity contribution < 1.29 is 9.47 Å². The van der Waals surface area contributed by atoms with E-state index in [1.54, 1.807) is 0 Å². The molecule has 0 saturated heterocycles. The topological polar surface area (TPSA) is 43.4 Å². The van der Waals surface area contributed by atoms with E-state index < -0.39 is 0 Å². The number of nitrogens with zero attached hydrogens (tertiary/aromatic N) is 1. The molecule has 0 aliphatic carbocycles. The quantitative estimate of drug-likeness (QED) is 0.661. The van der Waals surface area contributed by atoms with E-state index >= 15 is 0 Å². The van der Waals surface area contributed by atoms with Crippen LogP contribution in [0, 0.1) is 5.92 Å². The van der Waals surface area contributed by atoms with E-state index in [1.165, 1.54) is 0 Å². The van der Waals surface area contributed by atoms with Crippen molar-refractivity contribution in [2.75, 3.05) is 31.7 Å². The zero-order valence-electron chi connectivity index (χ0n) is 12.3. The van der Waals surface area contributed by atoms with Gasteiger partial charge in [0.15, 0.2) is 0 Å². The summed E-state index contributed by atoms with van der Waals surface area (Å²) >= 11 is 0. The molecule has 4 nitrogen and oxygen atoms in total. The fourth-order valence-electron chi connectivity index (χ4n) is 1.49. The van der Waals surface area contributed by atoms with Crippen molar-refractivity contribution in [2.45, 2.75) is 33.8 Å². The Kier molecular flexibility index (Phi) is 8.18. The number of hydrogen-bond acceptors (Lipinski definition) is 4. The van der Waals surface area contributed by atoms with Crippen molar-refractivity contribution in [3.05, 3.63) is 23.9 Å². The molecule has 4 heteroatoms. The van der Waals surface area contributed by atoms with Gasteiger partial charge in [-0.3, -0.25) is 0 Å². The van der Waals surface area contributed by atoms with Gasteiger partial charge in [-0.05, 0) is 24.0 Å². The Morgan fingerprint density at radius 2 is 2.00 bits per heavy atom. The first-order valence-corrected chi connectivity index (χ1v) is 7.06. The van der Waals surface area contributed by atoms with Gasteiger partial charge in [-0.25, -0.2) is 4.98 Å². The number of rotatable bonds is 10. The monoisotopic (exact) mass is 266 g/mol. The lowest BCUT2D eigenvalue weighted by Crippen LogP contribution is -2.08. The van der Waals surface area contributed by atoms with Gasteiger partial charge < -0.3 is 14.8 Å². The van der Waals surface area contributed by atoms with Crippen LogP contribution in [0.15, 0.2) is 18.3 Å². The molecule has 0 atom stereocenters. The zero-order chi connectivity index (χ0) is 13.9. The van der Waals surface area contributed by atoms with E-state index in [9.17, 15) is 0 Å². The van der Waals surface area contributed by atoms with Crippen molar-refractivity contribution in [3.8, 4) is 0 Å². The van der Waals surface area contributed by atoms with E-state index in [0.29, 0.717) is 25.7 Å². The fraction of sp³-hybridized carbons (Fsp3) is 0.667. The van der Waals surface area contributed by atoms with Crippen molar-refractivity contribution in [3.63, 3.8) is 0 Å². The molecule has 1 N–H and O–H groups in total. The van der Waals surface area contributed by atoms with Crippen LogP contribution in [0.25, 0.3) is 0 Å². The van der Waals surface area contributed by atoms with Crippen LogP contribution in [-0.4, -0.2) is 31.3 Å². The molecule has 1 aromatic heterocycles. The summed E-state index contributed by atoms with van der Waals surface area (Å²) in [5.74, 6) is 1.50. The first-order valence-electron chi connectivity index (χ1n) is 7.06. The third kappa shape index (κ3) is 7.80. The molecule has 0 saturated carbocycles. The maximum atomic E-state index is 5.54. The Morgan fingerprint density at radius 1 is 1.21 bits per heavy atom. The lowest BCUT2D eigenvalue weighted by molar-refractivity contribution is 0.0314. The van der Waals surface area contributed by atoms with Crippen LogP contribution < -0.4 is 5.32 Å². The Labute approximate surface area is 116 Å². The van der Waals surface area contributed by atoms with Gasteiger partial charge in [-0.1, -0.05) is 26.8 Å². The van der Waals surface area contributed by atoms with Crippen LogP contribution in [0.3, 0.4) is 0 Å². The summed E-state index contributed by atoms with van der Waals surface area (Å²) in [4.78, 5) is 4.33. The van der Waals surface area contributed by atoms with Crippen molar-refractivity contribution in [1.82, 2.24) is 4.98 Å². The first-order chi connectivity index (χ1) is 9.22. The van der Waals surface area contributed by atoms with Crippen LogP contribution in [0.5, 0.6) is 0 Å². The van der Waals surface area contributed by atoms with Crippen LogP contribution in [0.2, 0.25) is 0 Å². The summed E-state index contributed by atoms with van der Waals surface area (Å²) in [5.41, 5.74) is 1.09. The fourth-order valence-corrected chi connectivity index (χ4v) is 1.49. The molecule has 0 aliphatic rings. The minimum absolute atomic E-state index is 0.576. The van der Waals surface area contributed by atoms with Crippen LogP contribution >= 0.6 is 0 Å². The lowest BCUT2D eigenvalue weighted by Gasteiger charge is -2.08. The SMILES string of the molecule is CCCNc1ccc(COCCOCC(C)C)cn1. The third-order valence-corrected chi connectivity index (χ3v) is 2.47. The molecule has 19 heavy (non-hydrogen) atoms. The van der Waals surface area contributed by atoms with E-state index in [0.717, 1.165) is 31.0 Å². The highest BCUT2D eigenvalue weighted by molar-refractivity contribution is 5.35. The third-order valence-electron chi connectivity index (χ3n) is 2.47. The summed E-state index contributed by atoms with van der Waals surface area (Å²) in [7, 11) is 0. The highest BCUT2D eigenvalue weighted by Gasteiger charge is 1.97. The largest absolute Gasteiger partial charge is 0.379 e. The predicted molar refractivity (Wildman–Crippen MR) is 78.3 cm³/mol. The van der Waals surface area contributed by atoms with Gasteiger partial charge in [0.05, 0.1) is 19.8 Å². The van der Waals surface area contributed by atoms with Gasteiger partial charge in [0, 0.05) is 19.3 Å². The molecule has 0 aliphatic heterocycles. The normalized spacial score (nSPS) is 10.9. The summed E-state index contributed by atoms with van der Waals surface area (Å²) in [6, 6.07) is 4.03. The average Bonchev–Trinajstić information content (AvgIpc) is 2.41. The van der Waals surface area contributed by atoms with E-state index in [-0.39, 0.29) is 0 Å². The highest BCUT2D eigenvalue weighted by atomic mass is 16.5. The van der Waals surface area contributed by atoms with E-state index in [4.69, 9.17) is 9.47 Å². The summed E-state index contributed by atoms with van der Waals surface area (Å²) in [6.45, 7) is 10.0. The molecular formula is C15H26N2O2. The molecule has 1 heterocycles. The van der Waals surface area contributed by atoms with E-state index in [1.807, 2.05) is 18.3 Å². The van der Waals surface area contributed by atoms with Gasteiger partial charge in [0.1, 0.15) is 5.82 Å². The van der Waals surface area contributed by atoms with Crippen LogP contribution in [-0.2, 0) is 16.1 Å². The highest BCUT2D eigenvalue weighted by Crippen LogP contribution is 2.06. The number of ether oxygens (including phenoxy) is 2. The van der Waals surface area contributed by atoms with Gasteiger partial charge in [-0.15, -0.1) is 0 Å². The zero-order valence-corrected chi connectivity index (χ0v) is 12.3. The van der Waals surface area contributed by atoms with Crippen molar-refractivity contribution in [1.29, 1.82) is 0 Å². The Bertz CT molecular complexity index is 325. The molecule has 1 rings (SSSR count). The second-order valence-corrected chi connectivity index (χ2v) is 5.00. The molecule has 0 spiro atoms. The summed E-state index contributed by atoms with van der Waals surface area (Å²) < 4.78 is 11.0. The van der Waals surface area contributed by atoms with Crippen LogP contribution in [0.4, 0.5) is 5.82 Å². The number of anilines is 1. The predicted octanol–water partition coefficient (Wildman–Crippen LogP) is 3.09. The second-order valence-electron chi connectivity index (χ2n) is 5.00. The summed E-state index contributed by atoms with van der Waals surface area (Å²) in [5, 5.41) is 3.24. The number of pyridine rings is 1. The van der Waals surface area contributed by atoms with Crippen LogP contribution in [0.1, 0.15) is 32.8 Å². The van der Waals surface area contributed by atoms with Gasteiger partial charge >= 0.3 is 0 Å². The lowest BCUT2D eigenvalue weighted by atomic mass is 10.2. The summed E-state index contributed by atoms with van der Waals surface area (Å²) in [6.07, 6.45) is 2.95. The average molecular weight is 266 g/mol. The van der Waals surface area contributed by atoms with Gasteiger partial charge in [0.25, 0.3) is 0 Å². The molecule has 0 unspecified atom stereocenters. The second kappa shape index (κ2) is 9.75. The molecule has 0 bridgehead atoms. The smallest absolute Gasteiger partial charge is 0.125 e. The minimum atomic E-state index is 0.576. The minimum Gasteiger partial charge on any atom is -0.379 e. The van der Waals surface area contributed by atoms with Gasteiger partial charge in [-0.2, -0.15) is 0 Å². The maximum absolute atomic E-state index is 5.54. The molecule has 0 amide bonds. The maximum Gasteiger partial charge on any atom is 0.125 e. The number of nitrogens with one attached hydrogen (secondary N) is 1. The molecule has 0 aromatic carbocycles. The number of hydrogen-bond donors (Lipinski definition) is 1. The molecule has 108 valence electrons. The first kappa shape index (κ1) is 15.9.